The van der Waals surface area contributed by atoms with Crippen LogP contribution in [0, 0.1) is 13.8 Å². The van der Waals surface area contributed by atoms with Crippen LogP contribution in [0.3, 0.4) is 0 Å². The molecule has 0 aliphatic heterocycles. The van der Waals surface area contributed by atoms with Crippen LogP contribution in [0.4, 0.5) is 0 Å². The van der Waals surface area contributed by atoms with Gasteiger partial charge in [-0.15, -0.1) is 11.8 Å². The van der Waals surface area contributed by atoms with Gasteiger partial charge in [-0.25, -0.2) is 0 Å². The van der Waals surface area contributed by atoms with Crippen molar-refractivity contribution in [3.8, 4) is 0 Å². The third-order valence-electron chi connectivity index (χ3n) is 2.87. The second kappa shape index (κ2) is 5.32. The second-order valence-corrected chi connectivity index (χ2v) is 5.01. The Morgan fingerprint density at radius 2 is 1.59 bits per heavy atom. The van der Waals surface area contributed by atoms with E-state index < -0.39 is 0 Å². The summed E-state index contributed by atoms with van der Waals surface area (Å²) in [5.74, 6) is 0. The highest BCUT2D eigenvalue weighted by atomic mass is 32.2. The molecular weight excluding hydrogens is 228 g/mol. The van der Waals surface area contributed by atoms with Crippen molar-refractivity contribution in [2.45, 2.75) is 25.3 Å². The van der Waals surface area contributed by atoms with Gasteiger partial charge in [0.15, 0.2) is 0 Å². The van der Waals surface area contributed by atoms with Crippen molar-refractivity contribution in [1.29, 1.82) is 0 Å². The first-order chi connectivity index (χ1) is 8.20. The van der Waals surface area contributed by atoms with Gasteiger partial charge in [0.2, 0.25) is 0 Å². The van der Waals surface area contributed by atoms with Crippen molar-refractivity contribution < 1.29 is 0 Å². The maximum absolute atomic E-state index is 3.42. The first-order valence-electron chi connectivity index (χ1n) is 5.72. The zero-order chi connectivity index (χ0) is 12.3. The maximum atomic E-state index is 3.42. The number of aryl methyl sites for hydroxylation is 2. The molecule has 0 saturated heterocycles. The summed E-state index contributed by atoms with van der Waals surface area (Å²) in [5.41, 5.74) is 7.20. The molecule has 1 aromatic heterocycles. The second-order valence-electron chi connectivity index (χ2n) is 4.13. The van der Waals surface area contributed by atoms with Crippen LogP contribution in [0.2, 0.25) is 0 Å². The van der Waals surface area contributed by atoms with Gasteiger partial charge in [-0.1, -0.05) is 12.1 Å². The topological polar surface area (TPSA) is 17.0 Å². The molecule has 2 aromatic rings. The molecule has 90 valence electrons. The molecule has 2 nitrogen and oxygen atoms in total. The fourth-order valence-corrected chi connectivity index (χ4v) is 2.24. The first kappa shape index (κ1) is 12.1. The number of hydrogen-bond acceptors (Lipinski definition) is 2. The van der Waals surface area contributed by atoms with Gasteiger partial charge in [0, 0.05) is 16.3 Å². The zero-order valence-electron chi connectivity index (χ0n) is 10.5. The van der Waals surface area contributed by atoms with Crippen LogP contribution in [-0.2, 0) is 6.54 Å². The van der Waals surface area contributed by atoms with E-state index in [4.69, 9.17) is 0 Å². The Hall–Kier alpha value is -1.35. The lowest BCUT2D eigenvalue weighted by Gasteiger charge is -2.12. The quantitative estimate of drug-likeness (QED) is 0.831. The van der Waals surface area contributed by atoms with Crippen molar-refractivity contribution in [3.05, 3.63) is 53.3 Å². The Kier molecular flexibility index (Phi) is 3.79. The van der Waals surface area contributed by atoms with Gasteiger partial charge in [0.25, 0.3) is 0 Å². The Labute approximate surface area is 107 Å². The fourth-order valence-electron chi connectivity index (χ4n) is 1.83. The summed E-state index contributed by atoms with van der Waals surface area (Å²) >= 11 is 1.77. The van der Waals surface area contributed by atoms with Crippen molar-refractivity contribution >= 4 is 11.8 Å². The van der Waals surface area contributed by atoms with E-state index in [0.717, 1.165) is 6.54 Å². The molecule has 1 N–H and O–H groups in total. The summed E-state index contributed by atoms with van der Waals surface area (Å²) < 4.78 is 2.13. The highest BCUT2D eigenvalue weighted by molar-refractivity contribution is 7.98. The van der Waals surface area contributed by atoms with Gasteiger partial charge < -0.3 is 5.43 Å². The molecule has 1 aromatic carbocycles. The molecule has 0 aliphatic rings. The summed E-state index contributed by atoms with van der Waals surface area (Å²) in [5, 5.41) is 0. The molecule has 0 radical (unpaired) electrons. The number of thioether (sulfide) groups is 1. The fraction of sp³-hybridized carbons (Fsp3) is 0.286. The van der Waals surface area contributed by atoms with Gasteiger partial charge >= 0.3 is 0 Å². The Morgan fingerprint density at radius 1 is 1.00 bits per heavy atom. The first-order valence-corrected chi connectivity index (χ1v) is 6.95. The summed E-state index contributed by atoms with van der Waals surface area (Å²) in [6.07, 6.45) is 2.10. The van der Waals surface area contributed by atoms with Crippen LogP contribution in [0.1, 0.15) is 17.0 Å². The van der Waals surface area contributed by atoms with E-state index in [2.05, 4.69) is 66.6 Å². The van der Waals surface area contributed by atoms with E-state index >= 15 is 0 Å². The van der Waals surface area contributed by atoms with E-state index in [1.54, 1.807) is 11.8 Å². The lowest BCUT2D eigenvalue weighted by molar-refractivity contribution is 0.792. The molecule has 0 saturated carbocycles. The minimum Gasteiger partial charge on any atom is -0.322 e. The minimum absolute atomic E-state index is 0.852. The molecule has 0 atom stereocenters. The smallest absolute Gasteiger partial charge is 0.0564 e. The molecule has 0 spiro atoms. The van der Waals surface area contributed by atoms with E-state index in [9.17, 15) is 0 Å². The Balaban J connectivity index is 2.02. The van der Waals surface area contributed by atoms with E-state index in [1.807, 2.05) is 0 Å². The summed E-state index contributed by atoms with van der Waals surface area (Å²) in [7, 11) is 0. The van der Waals surface area contributed by atoms with Crippen LogP contribution in [0.25, 0.3) is 0 Å². The number of hydrogen-bond donors (Lipinski definition) is 1. The monoisotopic (exact) mass is 246 g/mol. The highest BCUT2D eigenvalue weighted by Gasteiger charge is 2.00. The van der Waals surface area contributed by atoms with Gasteiger partial charge in [-0.2, -0.15) is 0 Å². The van der Waals surface area contributed by atoms with Crippen LogP contribution in [0.5, 0.6) is 0 Å². The third-order valence-corrected chi connectivity index (χ3v) is 3.62. The lowest BCUT2D eigenvalue weighted by atomic mass is 10.2. The molecule has 0 fully saturated rings. The maximum Gasteiger partial charge on any atom is 0.0564 e. The summed E-state index contributed by atoms with van der Waals surface area (Å²) in [4.78, 5) is 1.31. The predicted octanol–water partition coefficient (Wildman–Crippen LogP) is 3.57. The van der Waals surface area contributed by atoms with Crippen molar-refractivity contribution in [2.24, 2.45) is 0 Å². The molecule has 3 heteroatoms. The summed E-state index contributed by atoms with van der Waals surface area (Å²) in [6.45, 7) is 5.07. The normalized spacial score (nSPS) is 10.5. The molecule has 1 heterocycles. The van der Waals surface area contributed by atoms with Crippen LogP contribution in [-0.4, -0.2) is 10.9 Å². The Bertz CT molecular complexity index is 466. The molecule has 2 rings (SSSR count). The number of nitrogens with one attached hydrogen (secondary N) is 1. The molecule has 0 bridgehead atoms. The van der Waals surface area contributed by atoms with Crippen LogP contribution < -0.4 is 5.43 Å². The van der Waals surface area contributed by atoms with Gasteiger partial charge in [0.1, 0.15) is 0 Å². The highest BCUT2D eigenvalue weighted by Crippen LogP contribution is 2.15. The van der Waals surface area contributed by atoms with Crippen LogP contribution in [0.15, 0.2) is 41.3 Å². The van der Waals surface area contributed by atoms with Crippen molar-refractivity contribution in [1.82, 2.24) is 4.68 Å². The number of nitrogens with zero attached hydrogens (tertiary/aromatic N) is 1. The van der Waals surface area contributed by atoms with Crippen molar-refractivity contribution in [2.75, 3.05) is 11.7 Å². The average molecular weight is 246 g/mol. The molecule has 0 aliphatic carbocycles. The number of rotatable bonds is 4. The average Bonchev–Trinajstić information content (AvgIpc) is 2.67. The van der Waals surface area contributed by atoms with E-state index in [1.165, 1.54) is 21.8 Å². The van der Waals surface area contributed by atoms with Crippen LogP contribution >= 0.6 is 11.8 Å². The summed E-state index contributed by atoms with van der Waals surface area (Å²) in [6, 6.07) is 12.9. The SMILES string of the molecule is CSc1ccc(CNn2c(C)ccc2C)cc1. The predicted molar refractivity (Wildman–Crippen MR) is 75.2 cm³/mol. The molecular formula is C14H18N2S. The van der Waals surface area contributed by atoms with E-state index in [0.29, 0.717) is 0 Å². The lowest BCUT2D eigenvalue weighted by Crippen LogP contribution is -2.16. The minimum atomic E-state index is 0.852. The van der Waals surface area contributed by atoms with Crippen molar-refractivity contribution in [3.63, 3.8) is 0 Å². The number of aromatic nitrogens is 1. The molecule has 17 heavy (non-hydrogen) atoms. The largest absolute Gasteiger partial charge is 0.322 e. The Morgan fingerprint density at radius 3 is 2.12 bits per heavy atom. The standard InChI is InChI=1S/C14H18N2S/c1-11-4-5-12(2)16(11)15-10-13-6-8-14(17-3)9-7-13/h4-9,15H,10H2,1-3H3. The van der Waals surface area contributed by atoms with Gasteiger partial charge in [0.05, 0.1) is 6.54 Å². The zero-order valence-corrected chi connectivity index (χ0v) is 11.3. The molecule has 0 unspecified atom stereocenters. The number of benzene rings is 1. The third kappa shape index (κ3) is 2.86. The van der Waals surface area contributed by atoms with Gasteiger partial charge in [-0.3, -0.25) is 4.68 Å². The van der Waals surface area contributed by atoms with Gasteiger partial charge in [-0.05, 0) is 49.9 Å². The van der Waals surface area contributed by atoms with E-state index in [-0.39, 0.29) is 0 Å². The molecule has 0 amide bonds.